The Balaban J connectivity index is 3.03. The Morgan fingerprint density at radius 2 is 2.17 bits per heavy atom. The molecule has 100 valence electrons. The molecule has 0 atom stereocenters. The molecule has 0 saturated heterocycles. The zero-order chi connectivity index (χ0) is 13.5. The van der Waals surface area contributed by atoms with Crippen molar-refractivity contribution in [2.75, 3.05) is 44.0 Å². The van der Waals surface area contributed by atoms with Crippen LogP contribution in [-0.4, -0.2) is 49.6 Å². The first-order valence-corrected chi connectivity index (χ1v) is 5.58. The van der Waals surface area contributed by atoms with Gasteiger partial charge in [-0.2, -0.15) is 0 Å². The molecule has 0 aliphatic carbocycles. The second-order valence-corrected chi connectivity index (χ2v) is 3.75. The van der Waals surface area contributed by atoms with Crippen LogP contribution in [0.25, 0.3) is 0 Å². The maximum Gasteiger partial charge on any atom is 0.337 e. The minimum Gasteiger partial charge on any atom is -0.478 e. The molecule has 1 rings (SSSR count). The number of carbonyl (C=O) groups is 1. The summed E-state index contributed by atoms with van der Waals surface area (Å²) < 4.78 is 4.98. The fourth-order valence-electron chi connectivity index (χ4n) is 1.69. The van der Waals surface area contributed by atoms with Crippen molar-refractivity contribution in [3.8, 4) is 0 Å². The highest BCUT2D eigenvalue weighted by atomic mass is 16.5. The molecule has 0 spiro atoms. The first-order valence-electron chi connectivity index (χ1n) is 5.58. The molecule has 0 aliphatic heterocycles. The van der Waals surface area contributed by atoms with Crippen molar-refractivity contribution in [1.82, 2.24) is 0 Å². The van der Waals surface area contributed by atoms with E-state index in [9.17, 15) is 4.79 Å². The van der Waals surface area contributed by atoms with Gasteiger partial charge in [0.05, 0.1) is 30.2 Å². The highest BCUT2D eigenvalue weighted by molar-refractivity contribution is 5.97. The molecule has 0 bridgehead atoms. The standard InChI is InChI=1S/C12H18N2O4/c1-18-8-6-14(5-7-15)10-4-2-3-9(11(10)13)12(16)17/h2-4,15H,5-8,13H2,1H3,(H,16,17). The summed E-state index contributed by atoms with van der Waals surface area (Å²) in [5.41, 5.74) is 6.71. The second kappa shape index (κ2) is 6.83. The van der Waals surface area contributed by atoms with E-state index in [1.54, 1.807) is 24.1 Å². The van der Waals surface area contributed by atoms with E-state index in [1.165, 1.54) is 6.07 Å². The van der Waals surface area contributed by atoms with E-state index in [4.69, 9.17) is 20.7 Å². The zero-order valence-corrected chi connectivity index (χ0v) is 10.3. The highest BCUT2D eigenvalue weighted by Crippen LogP contribution is 2.26. The fraction of sp³-hybridized carbons (Fsp3) is 0.417. The van der Waals surface area contributed by atoms with Crippen molar-refractivity contribution in [1.29, 1.82) is 0 Å². The maximum absolute atomic E-state index is 11.0. The highest BCUT2D eigenvalue weighted by Gasteiger charge is 2.15. The van der Waals surface area contributed by atoms with Crippen LogP contribution in [0.15, 0.2) is 18.2 Å². The fourth-order valence-corrected chi connectivity index (χ4v) is 1.69. The Hall–Kier alpha value is -1.79. The lowest BCUT2D eigenvalue weighted by Crippen LogP contribution is -2.31. The summed E-state index contributed by atoms with van der Waals surface area (Å²) in [5.74, 6) is -1.06. The molecular weight excluding hydrogens is 236 g/mol. The molecule has 1 aromatic rings. The first-order chi connectivity index (χ1) is 8.61. The van der Waals surface area contributed by atoms with E-state index in [0.29, 0.717) is 25.4 Å². The Morgan fingerprint density at radius 1 is 1.44 bits per heavy atom. The molecule has 4 N–H and O–H groups in total. The van der Waals surface area contributed by atoms with Crippen LogP contribution < -0.4 is 10.6 Å². The van der Waals surface area contributed by atoms with Crippen molar-refractivity contribution in [2.24, 2.45) is 0 Å². The minimum atomic E-state index is -1.06. The third kappa shape index (κ3) is 3.35. The number of hydrogen-bond donors (Lipinski definition) is 3. The van der Waals surface area contributed by atoms with Crippen molar-refractivity contribution in [3.63, 3.8) is 0 Å². The van der Waals surface area contributed by atoms with E-state index in [0.717, 1.165) is 0 Å². The molecule has 0 aliphatic rings. The van der Waals surface area contributed by atoms with Gasteiger partial charge in [0.2, 0.25) is 0 Å². The summed E-state index contributed by atoms with van der Waals surface area (Å²) in [7, 11) is 1.58. The van der Waals surface area contributed by atoms with Gasteiger partial charge in [-0.05, 0) is 12.1 Å². The Labute approximate surface area is 106 Å². The van der Waals surface area contributed by atoms with Gasteiger partial charge >= 0.3 is 5.97 Å². The lowest BCUT2D eigenvalue weighted by molar-refractivity contribution is 0.0698. The van der Waals surface area contributed by atoms with Crippen LogP contribution in [-0.2, 0) is 4.74 Å². The topological polar surface area (TPSA) is 96.0 Å². The number of methoxy groups -OCH3 is 1. The smallest absolute Gasteiger partial charge is 0.337 e. The third-order valence-electron chi connectivity index (χ3n) is 2.59. The van der Waals surface area contributed by atoms with Crippen LogP contribution in [0.3, 0.4) is 0 Å². The summed E-state index contributed by atoms with van der Waals surface area (Å²) in [5, 5.41) is 18.0. The number of aromatic carboxylic acids is 1. The van der Waals surface area contributed by atoms with E-state index in [-0.39, 0.29) is 17.9 Å². The number of anilines is 2. The molecule has 0 aromatic heterocycles. The largest absolute Gasteiger partial charge is 0.478 e. The maximum atomic E-state index is 11.0. The predicted octanol–water partition coefficient (Wildman–Crippen LogP) is 0.412. The number of aliphatic hydroxyl groups is 1. The number of rotatable bonds is 7. The number of carboxylic acid groups (broad SMARTS) is 1. The first kappa shape index (κ1) is 14.3. The van der Waals surface area contributed by atoms with Crippen LogP contribution in [0, 0.1) is 0 Å². The number of para-hydroxylation sites is 1. The van der Waals surface area contributed by atoms with E-state index in [2.05, 4.69) is 0 Å². The molecule has 6 nitrogen and oxygen atoms in total. The van der Waals surface area contributed by atoms with Gasteiger partial charge in [-0.3, -0.25) is 0 Å². The predicted molar refractivity (Wildman–Crippen MR) is 69.0 cm³/mol. The van der Waals surface area contributed by atoms with Gasteiger partial charge in [0, 0.05) is 20.2 Å². The molecule has 0 radical (unpaired) electrons. The van der Waals surface area contributed by atoms with Crippen LogP contribution >= 0.6 is 0 Å². The monoisotopic (exact) mass is 254 g/mol. The van der Waals surface area contributed by atoms with Crippen LogP contribution in [0.1, 0.15) is 10.4 Å². The molecule has 0 unspecified atom stereocenters. The van der Waals surface area contributed by atoms with Gasteiger partial charge in [0.15, 0.2) is 0 Å². The molecule has 0 amide bonds. The van der Waals surface area contributed by atoms with E-state index >= 15 is 0 Å². The van der Waals surface area contributed by atoms with Gasteiger partial charge in [-0.15, -0.1) is 0 Å². The number of carboxylic acids is 1. The Kier molecular flexibility index (Phi) is 5.41. The van der Waals surface area contributed by atoms with E-state index < -0.39 is 5.97 Å². The zero-order valence-electron chi connectivity index (χ0n) is 10.3. The molecule has 0 heterocycles. The summed E-state index contributed by atoms with van der Waals surface area (Å²) in [6.07, 6.45) is 0. The normalized spacial score (nSPS) is 10.3. The quantitative estimate of drug-likeness (QED) is 0.610. The number of hydrogen-bond acceptors (Lipinski definition) is 5. The average Bonchev–Trinajstić information content (AvgIpc) is 2.34. The Bertz CT molecular complexity index is 409. The number of benzene rings is 1. The van der Waals surface area contributed by atoms with Gasteiger partial charge < -0.3 is 25.6 Å². The van der Waals surface area contributed by atoms with Gasteiger partial charge in [-0.1, -0.05) is 6.07 Å². The van der Waals surface area contributed by atoms with Crippen molar-refractivity contribution >= 4 is 17.3 Å². The number of nitrogens with two attached hydrogens (primary N) is 1. The van der Waals surface area contributed by atoms with Crippen molar-refractivity contribution in [3.05, 3.63) is 23.8 Å². The van der Waals surface area contributed by atoms with Crippen LogP contribution in [0.4, 0.5) is 11.4 Å². The van der Waals surface area contributed by atoms with Gasteiger partial charge in [0.1, 0.15) is 0 Å². The SMILES string of the molecule is COCCN(CCO)c1cccc(C(=O)O)c1N. The number of nitrogen functional groups attached to an aromatic ring is 1. The van der Waals surface area contributed by atoms with Gasteiger partial charge in [0.25, 0.3) is 0 Å². The average molecular weight is 254 g/mol. The molecule has 6 heteroatoms. The number of nitrogens with zero attached hydrogens (tertiary/aromatic N) is 1. The summed E-state index contributed by atoms with van der Waals surface area (Å²) in [4.78, 5) is 12.8. The van der Waals surface area contributed by atoms with Crippen molar-refractivity contribution < 1.29 is 19.7 Å². The third-order valence-corrected chi connectivity index (χ3v) is 2.59. The lowest BCUT2D eigenvalue weighted by Gasteiger charge is -2.25. The number of ether oxygens (including phenoxy) is 1. The summed E-state index contributed by atoms with van der Waals surface area (Å²) in [6, 6.07) is 4.81. The van der Waals surface area contributed by atoms with Crippen LogP contribution in [0.5, 0.6) is 0 Å². The molecule has 1 aromatic carbocycles. The van der Waals surface area contributed by atoms with Crippen LogP contribution in [0.2, 0.25) is 0 Å². The second-order valence-electron chi connectivity index (χ2n) is 3.75. The summed E-state index contributed by atoms with van der Waals surface area (Å²) >= 11 is 0. The number of aliphatic hydroxyl groups excluding tert-OH is 1. The van der Waals surface area contributed by atoms with E-state index in [1.807, 2.05) is 0 Å². The molecular formula is C12H18N2O4. The molecule has 0 saturated carbocycles. The molecule has 0 fully saturated rings. The minimum absolute atomic E-state index is 0.0412. The Morgan fingerprint density at radius 3 is 2.72 bits per heavy atom. The lowest BCUT2D eigenvalue weighted by atomic mass is 10.1. The summed E-state index contributed by atoms with van der Waals surface area (Å²) in [6.45, 7) is 1.33. The molecule has 18 heavy (non-hydrogen) atoms. The van der Waals surface area contributed by atoms with Gasteiger partial charge in [-0.25, -0.2) is 4.79 Å². The van der Waals surface area contributed by atoms with Crippen molar-refractivity contribution in [2.45, 2.75) is 0 Å².